The molecule has 1 aromatic carbocycles. The van der Waals surface area contributed by atoms with Crippen molar-refractivity contribution in [2.24, 2.45) is 7.05 Å². The van der Waals surface area contributed by atoms with Crippen molar-refractivity contribution < 1.29 is 19.1 Å². The van der Waals surface area contributed by atoms with Crippen LogP contribution in [0.5, 0.6) is 0 Å². The number of hydrogen-bond donors (Lipinski definition) is 0. The summed E-state index contributed by atoms with van der Waals surface area (Å²) in [6.45, 7) is 4.55. The van der Waals surface area contributed by atoms with Gasteiger partial charge in [0, 0.05) is 30.2 Å². The fraction of sp³-hybridized carbons (Fsp3) is 0.333. The van der Waals surface area contributed by atoms with E-state index >= 15 is 0 Å². The number of ether oxygens (including phenoxy) is 2. The molecule has 1 aliphatic heterocycles. The van der Waals surface area contributed by atoms with Gasteiger partial charge in [-0.05, 0) is 31.9 Å². The third-order valence-electron chi connectivity index (χ3n) is 5.41. The Balaban J connectivity index is 2.11. The zero-order valence-electron chi connectivity index (χ0n) is 16.0. The van der Waals surface area contributed by atoms with E-state index < -0.39 is 11.9 Å². The minimum Gasteiger partial charge on any atom is -0.465 e. The van der Waals surface area contributed by atoms with Gasteiger partial charge in [0.1, 0.15) is 5.56 Å². The van der Waals surface area contributed by atoms with Gasteiger partial charge in [-0.2, -0.15) is 0 Å². The van der Waals surface area contributed by atoms with Crippen molar-refractivity contribution in [3.8, 4) is 11.4 Å². The van der Waals surface area contributed by atoms with Crippen molar-refractivity contribution >= 4 is 22.8 Å². The van der Waals surface area contributed by atoms with E-state index in [-0.39, 0.29) is 6.61 Å². The first-order valence-corrected chi connectivity index (χ1v) is 9.06. The SMILES string of the molecule is CCOC(=O)c1c(C(=O)OC)c(C)n2c1-c1c(c3ccccc3n1C)CC2. The maximum absolute atomic E-state index is 12.9. The zero-order valence-corrected chi connectivity index (χ0v) is 16.0. The van der Waals surface area contributed by atoms with E-state index in [9.17, 15) is 9.59 Å². The summed E-state index contributed by atoms with van der Waals surface area (Å²) in [6, 6.07) is 8.20. The lowest BCUT2D eigenvalue weighted by Gasteiger charge is -2.20. The molecule has 140 valence electrons. The maximum atomic E-state index is 12.9. The van der Waals surface area contributed by atoms with E-state index in [1.807, 2.05) is 30.7 Å². The largest absolute Gasteiger partial charge is 0.465 e. The third kappa shape index (κ3) is 2.32. The maximum Gasteiger partial charge on any atom is 0.341 e. The Morgan fingerprint density at radius 2 is 1.85 bits per heavy atom. The molecule has 0 atom stereocenters. The molecule has 0 aliphatic carbocycles. The van der Waals surface area contributed by atoms with Gasteiger partial charge >= 0.3 is 11.9 Å². The third-order valence-corrected chi connectivity index (χ3v) is 5.41. The van der Waals surface area contributed by atoms with Crippen LogP contribution < -0.4 is 0 Å². The Morgan fingerprint density at radius 3 is 2.56 bits per heavy atom. The molecule has 4 rings (SSSR count). The predicted molar refractivity (Wildman–Crippen MR) is 102 cm³/mol. The smallest absolute Gasteiger partial charge is 0.341 e. The standard InChI is InChI=1S/C21H22N2O4/c1-5-27-21(25)17-16(20(24)26-4)12(2)23-11-10-14-13-8-6-7-9-15(13)22(3)18(14)19(17)23/h6-9H,5,10-11H2,1-4H3. The molecule has 0 spiro atoms. The lowest BCUT2D eigenvalue weighted by Crippen LogP contribution is -2.16. The summed E-state index contributed by atoms with van der Waals surface area (Å²) >= 11 is 0. The van der Waals surface area contributed by atoms with E-state index in [4.69, 9.17) is 9.47 Å². The molecule has 0 bridgehead atoms. The second kappa shape index (κ2) is 6.30. The number of carbonyl (C=O) groups is 2. The molecule has 0 saturated heterocycles. The van der Waals surface area contributed by atoms with Gasteiger partial charge in [-0.25, -0.2) is 9.59 Å². The van der Waals surface area contributed by atoms with E-state index in [0.29, 0.717) is 17.7 Å². The van der Waals surface area contributed by atoms with Crippen LogP contribution in [0.25, 0.3) is 22.3 Å². The zero-order chi connectivity index (χ0) is 19.3. The summed E-state index contributed by atoms with van der Waals surface area (Å²) in [7, 11) is 3.32. The number of hydrogen-bond acceptors (Lipinski definition) is 4. The van der Waals surface area contributed by atoms with Gasteiger partial charge < -0.3 is 18.6 Å². The molecule has 6 nitrogen and oxygen atoms in total. The molecule has 1 aliphatic rings. The quantitative estimate of drug-likeness (QED) is 0.666. The Morgan fingerprint density at radius 1 is 1.11 bits per heavy atom. The Labute approximate surface area is 157 Å². The van der Waals surface area contributed by atoms with Gasteiger partial charge in [0.2, 0.25) is 0 Å². The molecule has 0 radical (unpaired) electrons. The summed E-state index contributed by atoms with van der Waals surface area (Å²) in [5, 5.41) is 1.18. The average Bonchev–Trinajstić information content (AvgIpc) is 3.14. The number of aryl methyl sites for hydroxylation is 2. The fourth-order valence-corrected chi connectivity index (χ4v) is 4.27. The molecule has 0 unspecified atom stereocenters. The van der Waals surface area contributed by atoms with Gasteiger partial charge in [0.05, 0.1) is 30.7 Å². The normalized spacial score (nSPS) is 12.6. The van der Waals surface area contributed by atoms with Crippen LogP contribution in [-0.4, -0.2) is 34.8 Å². The molecule has 2 aromatic heterocycles. The van der Waals surface area contributed by atoms with E-state index in [1.54, 1.807) is 6.92 Å². The lowest BCUT2D eigenvalue weighted by atomic mass is 9.99. The molecule has 6 heteroatoms. The van der Waals surface area contributed by atoms with E-state index in [2.05, 4.69) is 16.7 Å². The highest BCUT2D eigenvalue weighted by Crippen LogP contribution is 2.42. The lowest BCUT2D eigenvalue weighted by molar-refractivity contribution is 0.0505. The van der Waals surface area contributed by atoms with Gasteiger partial charge in [-0.1, -0.05) is 18.2 Å². The number of benzene rings is 1. The van der Waals surface area contributed by atoms with Crippen molar-refractivity contribution in [2.45, 2.75) is 26.8 Å². The highest BCUT2D eigenvalue weighted by molar-refractivity contribution is 6.10. The molecule has 0 N–H and O–H groups in total. The van der Waals surface area contributed by atoms with Crippen molar-refractivity contribution in [3.63, 3.8) is 0 Å². The van der Waals surface area contributed by atoms with Gasteiger partial charge in [-0.3, -0.25) is 0 Å². The first kappa shape index (κ1) is 17.4. The topological polar surface area (TPSA) is 62.5 Å². The van der Waals surface area contributed by atoms with Crippen LogP contribution in [0.1, 0.15) is 38.9 Å². The minimum absolute atomic E-state index is 0.241. The highest BCUT2D eigenvalue weighted by Gasteiger charge is 2.36. The molecular formula is C21H22N2O4. The second-order valence-corrected chi connectivity index (χ2v) is 6.70. The summed E-state index contributed by atoms with van der Waals surface area (Å²) in [5.74, 6) is -1.01. The number of methoxy groups -OCH3 is 1. The number of aromatic nitrogens is 2. The van der Waals surface area contributed by atoms with E-state index in [1.165, 1.54) is 18.1 Å². The number of rotatable bonds is 3. The van der Waals surface area contributed by atoms with Crippen molar-refractivity contribution in [2.75, 3.05) is 13.7 Å². The van der Waals surface area contributed by atoms with Gasteiger partial charge in [0.25, 0.3) is 0 Å². The van der Waals surface area contributed by atoms with Crippen LogP contribution in [0, 0.1) is 6.92 Å². The van der Waals surface area contributed by atoms with Crippen LogP contribution in [0.4, 0.5) is 0 Å². The van der Waals surface area contributed by atoms with Crippen molar-refractivity contribution in [1.82, 2.24) is 9.13 Å². The Hall–Kier alpha value is -3.02. The molecule has 0 saturated carbocycles. The number of nitrogens with zero attached hydrogens (tertiary/aromatic N) is 2. The average molecular weight is 366 g/mol. The van der Waals surface area contributed by atoms with Gasteiger partial charge in [0.15, 0.2) is 0 Å². The fourth-order valence-electron chi connectivity index (χ4n) is 4.27. The summed E-state index contributed by atoms with van der Waals surface area (Å²) in [6.07, 6.45) is 0.835. The van der Waals surface area contributed by atoms with Crippen LogP contribution in [-0.2, 0) is 29.5 Å². The first-order valence-electron chi connectivity index (χ1n) is 9.06. The highest BCUT2D eigenvalue weighted by atomic mass is 16.5. The Bertz CT molecular complexity index is 1090. The number of para-hydroxylation sites is 1. The molecule has 27 heavy (non-hydrogen) atoms. The molecule has 3 aromatic rings. The Kier molecular flexibility index (Phi) is 4.06. The minimum atomic E-state index is -0.516. The first-order chi connectivity index (χ1) is 13.0. The molecule has 0 amide bonds. The second-order valence-electron chi connectivity index (χ2n) is 6.70. The number of fused-ring (bicyclic) bond motifs is 5. The summed E-state index contributed by atoms with van der Waals surface area (Å²) < 4.78 is 14.4. The monoisotopic (exact) mass is 366 g/mol. The summed E-state index contributed by atoms with van der Waals surface area (Å²) in [5.41, 5.74) is 5.33. The van der Waals surface area contributed by atoms with Crippen molar-refractivity contribution in [3.05, 3.63) is 46.6 Å². The number of carbonyl (C=O) groups excluding carboxylic acids is 2. The van der Waals surface area contributed by atoms with Gasteiger partial charge in [-0.15, -0.1) is 0 Å². The molecular weight excluding hydrogens is 344 g/mol. The molecule has 0 fully saturated rings. The molecule has 3 heterocycles. The van der Waals surface area contributed by atoms with Crippen molar-refractivity contribution in [1.29, 1.82) is 0 Å². The van der Waals surface area contributed by atoms with E-state index in [0.717, 1.165) is 29.0 Å². The van der Waals surface area contributed by atoms with Crippen LogP contribution in [0.2, 0.25) is 0 Å². The number of esters is 2. The summed E-state index contributed by atoms with van der Waals surface area (Å²) in [4.78, 5) is 25.4. The van der Waals surface area contributed by atoms with Crippen LogP contribution in [0.15, 0.2) is 24.3 Å². The van der Waals surface area contributed by atoms with Crippen LogP contribution in [0.3, 0.4) is 0 Å². The van der Waals surface area contributed by atoms with Crippen LogP contribution >= 0.6 is 0 Å². The predicted octanol–water partition coefficient (Wildman–Crippen LogP) is 3.47.